The van der Waals surface area contributed by atoms with Crippen LogP contribution in [0.25, 0.3) is 0 Å². The number of anilines is 2. The van der Waals surface area contributed by atoms with Crippen LogP contribution in [0.2, 0.25) is 0 Å². The monoisotopic (exact) mass is 463 g/mol. The van der Waals surface area contributed by atoms with E-state index in [1.165, 1.54) is 0 Å². The van der Waals surface area contributed by atoms with Crippen molar-refractivity contribution in [2.45, 2.75) is 31.5 Å². The fourth-order valence-corrected chi connectivity index (χ4v) is 4.55. The summed E-state index contributed by atoms with van der Waals surface area (Å²) in [5.74, 6) is 2.65. The molecule has 0 bridgehead atoms. The molecule has 0 aliphatic carbocycles. The van der Waals surface area contributed by atoms with E-state index in [9.17, 15) is 4.79 Å². The van der Waals surface area contributed by atoms with E-state index in [2.05, 4.69) is 22.5 Å². The number of ether oxygens (including phenoxy) is 2. The van der Waals surface area contributed by atoms with Gasteiger partial charge < -0.3 is 20.1 Å². The first-order chi connectivity index (χ1) is 16.1. The molecule has 0 saturated carbocycles. The molecule has 8 nitrogen and oxygen atoms in total. The van der Waals surface area contributed by atoms with Gasteiger partial charge in [0.15, 0.2) is 11.5 Å². The molecule has 1 unspecified atom stereocenters. The molecule has 3 aromatic rings. The number of rotatable bonds is 5. The SMILES string of the molecule is CCSc1nc2n(n1)C(c1ccc3c(c1)OCCCO3)C(C(=O)Nc1ccccc1)=C(C)N2. The van der Waals surface area contributed by atoms with E-state index in [1.54, 1.807) is 16.4 Å². The predicted octanol–water partition coefficient (Wildman–Crippen LogP) is 4.48. The average Bonchev–Trinajstić information content (AvgIpc) is 3.06. The number of fused-ring (bicyclic) bond motifs is 2. The number of benzene rings is 2. The van der Waals surface area contributed by atoms with Gasteiger partial charge in [-0.15, -0.1) is 5.10 Å². The average molecular weight is 464 g/mol. The lowest BCUT2D eigenvalue weighted by Gasteiger charge is -2.29. The largest absolute Gasteiger partial charge is 0.490 e. The third kappa shape index (κ3) is 4.28. The minimum atomic E-state index is -0.471. The van der Waals surface area contributed by atoms with E-state index in [4.69, 9.17) is 14.6 Å². The molecule has 5 rings (SSSR count). The first-order valence-corrected chi connectivity index (χ1v) is 12.0. The van der Waals surface area contributed by atoms with Crippen molar-refractivity contribution in [2.24, 2.45) is 0 Å². The third-order valence-electron chi connectivity index (χ3n) is 5.47. The van der Waals surface area contributed by atoms with Crippen molar-refractivity contribution in [3.8, 4) is 11.5 Å². The highest BCUT2D eigenvalue weighted by molar-refractivity contribution is 7.99. The van der Waals surface area contributed by atoms with Gasteiger partial charge in [0.1, 0.15) is 6.04 Å². The van der Waals surface area contributed by atoms with Crippen LogP contribution in [0.4, 0.5) is 11.6 Å². The van der Waals surface area contributed by atoms with Crippen LogP contribution >= 0.6 is 11.8 Å². The molecule has 3 heterocycles. The number of amides is 1. The number of carbonyl (C=O) groups is 1. The highest BCUT2D eigenvalue weighted by atomic mass is 32.2. The Kier molecular flexibility index (Phi) is 5.95. The van der Waals surface area contributed by atoms with Gasteiger partial charge in [-0.05, 0) is 42.5 Å². The zero-order valence-electron chi connectivity index (χ0n) is 18.5. The summed E-state index contributed by atoms with van der Waals surface area (Å²) in [6, 6.07) is 14.8. The Balaban J connectivity index is 1.59. The summed E-state index contributed by atoms with van der Waals surface area (Å²) in [5, 5.41) is 11.7. The molecule has 170 valence electrons. The number of hydrogen-bond donors (Lipinski definition) is 2. The summed E-state index contributed by atoms with van der Waals surface area (Å²) in [4.78, 5) is 18.1. The van der Waals surface area contributed by atoms with E-state index in [0.29, 0.717) is 41.4 Å². The van der Waals surface area contributed by atoms with Crippen LogP contribution in [0.3, 0.4) is 0 Å². The topological polar surface area (TPSA) is 90.3 Å². The van der Waals surface area contributed by atoms with Crippen LogP contribution in [0, 0.1) is 0 Å². The Morgan fingerprint density at radius 2 is 1.97 bits per heavy atom. The quantitative estimate of drug-likeness (QED) is 0.539. The molecule has 0 spiro atoms. The minimum absolute atomic E-state index is 0.200. The second-order valence-electron chi connectivity index (χ2n) is 7.74. The summed E-state index contributed by atoms with van der Waals surface area (Å²) in [5.41, 5.74) is 2.90. The van der Waals surface area contributed by atoms with Crippen molar-refractivity contribution in [1.82, 2.24) is 14.8 Å². The predicted molar refractivity (Wildman–Crippen MR) is 128 cm³/mol. The Morgan fingerprint density at radius 1 is 1.18 bits per heavy atom. The molecule has 0 radical (unpaired) electrons. The minimum Gasteiger partial charge on any atom is -0.490 e. The maximum absolute atomic E-state index is 13.5. The van der Waals surface area contributed by atoms with Gasteiger partial charge in [0.05, 0.1) is 18.8 Å². The van der Waals surface area contributed by atoms with Gasteiger partial charge in [-0.25, -0.2) is 4.68 Å². The van der Waals surface area contributed by atoms with Crippen LogP contribution < -0.4 is 20.1 Å². The molecular formula is C24H25N5O3S. The third-order valence-corrected chi connectivity index (χ3v) is 6.19. The van der Waals surface area contributed by atoms with Crippen molar-refractivity contribution < 1.29 is 14.3 Å². The van der Waals surface area contributed by atoms with Crippen molar-refractivity contribution in [1.29, 1.82) is 0 Å². The van der Waals surface area contributed by atoms with Gasteiger partial charge in [0.25, 0.3) is 5.91 Å². The Morgan fingerprint density at radius 3 is 2.76 bits per heavy atom. The van der Waals surface area contributed by atoms with Gasteiger partial charge in [0.2, 0.25) is 11.1 Å². The summed E-state index contributed by atoms with van der Waals surface area (Å²) in [6.07, 6.45) is 0.825. The normalized spacial score (nSPS) is 17.1. The Labute approximate surface area is 196 Å². The van der Waals surface area contributed by atoms with Gasteiger partial charge >= 0.3 is 0 Å². The van der Waals surface area contributed by atoms with Gasteiger partial charge in [-0.2, -0.15) is 4.98 Å². The van der Waals surface area contributed by atoms with Crippen LogP contribution in [-0.2, 0) is 4.79 Å². The highest BCUT2D eigenvalue weighted by Crippen LogP contribution is 2.40. The van der Waals surface area contributed by atoms with E-state index < -0.39 is 6.04 Å². The van der Waals surface area contributed by atoms with E-state index >= 15 is 0 Å². The van der Waals surface area contributed by atoms with Crippen molar-refractivity contribution >= 4 is 29.3 Å². The lowest BCUT2D eigenvalue weighted by atomic mass is 9.94. The van der Waals surface area contributed by atoms with Gasteiger partial charge in [-0.1, -0.05) is 43.0 Å². The zero-order valence-corrected chi connectivity index (χ0v) is 19.3. The summed E-state index contributed by atoms with van der Waals surface area (Å²) in [6.45, 7) is 5.15. The number of allylic oxidation sites excluding steroid dienone is 1. The van der Waals surface area contributed by atoms with Crippen LogP contribution in [0.15, 0.2) is 65.0 Å². The van der Waals surface area contributed by atoms with E-state index in [1.807, 2.05) is 55.5 Å². The lowest BCUT2D eigenvalue weighted by molar-refractivity contribution is -0.113. The number of nitrogens with one attached hydrogen (secondary N) is 2. The molecule has 2 aromatic carbocycles. The second kappa shape index (κ2) is 9.19. The van der Waals surface area contributed by atoms with Crippen molar-refractivity contribution in [3.05, 3.63) is 65.4 Å². The van der Waals surface area contributed by atoms with Crippen LogP contribution in [0.1, 0.15) is 31.9 Å². The number of thioether (sulfide) groups is 1. The molecule has 9 heteroatoms. The second-order valence-corrected chi connectivity index (χ2v) is 8.97. The fraction of sp³-hybridized carbons (Fsp3) is 0.292. The van der Waals surface area contributed by atoms with Crippen LogP contribution in [0.5, 0.6) is 11.5 Å². The fourth-order valence-electron chi connectivity index (χ4n) is 3.99. The smallest absolute Gasteiger partial charge is 0.255 e. The van der Waals surface area contributed by atoms with Crippen LogP contribution in [-0.4, -0.2) is 39.6 Å². The number of para-hydroxylation sites is 1. The number of aromatic nitrogens is 3. The summed E-state index contributed by atoms with van der Waals surface area (Å²) < 4.78 is 13.5. The lowest BCUT2D eigenvalue weighted by Crippen LogP contribution is -2.31. The highest BCUT2D eigenvalue weighted by Gasteiger charge is 2.35. The molecule has 2 aliphatic rings. The molecule has 33 heavy (non-hydrogen) atoms. The summed E-state index contributed by atoms with van der Waals surface area (Å²) in [7, 11) is 0. The summed E-state index contributed by atoms with van der Waals surface area (Å²) >= 11 is 1.56. The van der Waals surface area contributed by atoms with Gasteiger partial charge in [-0.3, -0.25) is 4.79 Å². The zero-order chi connectivity index (χ0) is 22.8. The molecule has 0 saturated heterocycles. The number of carbonyl (C=O) groups excluding carboxylic acids is 1. The maximum Gasteiger partial charge on any atom is 0.255 e. The van der Waals surface area contributed by atoms with Gasteiger partial charge in [0, 0.05) is 17.8 Å². The Hall–Kier alpha value is -3.46. The number of hydrogen-bond acceptors (Lipinski definition) is 7. The van der Waals surface area contributed by atoms with E-state index in [0.717, 1.165) is 29.1 Å². The molecule has 1 aromatic heterocycles. The van der Waals surface area contributed by atoms with Crippen molar-refractivity contribution in [2.75, 3.05) is 29.6 Å². The molecular weight excluding hydrogens is 438 g/mol. The number of nitrogens with zero attached hydrogens (tertiary/aromatic N) is 3. The molecule has 0 fully saturated rings. The van der Waals surface area contributed by atoms with Crippen molar-refractivity contribution in [3.63, 3.8) is 0 Å². The Bertz CT molecular complexity index is 1210. The van der Waals surface area contributed by atoms with E-state index in [-0.39, 0.29) is 5.91 Å². The maximum atomic E-state index is 13.5. The first kappa shape index (κ1) is 21.4. The first-order valence-electron chi connectivity index (χ1n) is 11.0. The standard InChI is InChI=1S/C24H25N5O3S/c1-3-33-24-27-23-25-15(2)20(22(30)26-17-8-5-4-6-9-17)21(29(23)28-24)16-10-11-18-19(14-16)32-13-7-12-31-18/h4-6,8-11,14,21H,3,7,12-13H2,1-2H3,(H,26,30)(H,25,27,28). The molecule has 2 N–H and O–H groups in total. The molecule has 1 amide bonds. The molecule has 1 atom stereocenters. The molecule has 2 aliphatic heterocycles.